The second-order valence-electron chi connectivity index (χ2n) is 6.21. The van der Waals surface area contributed by atoms with Gasteiger partial charge in [-0.05, 0) is 30.2 Å². The topological polar surface area (TPSA) is 84.3 Å². The van der Waals surface area contributed by atoms with Gasteiger partial charge in [0.2, 0.25) is 0 Å². The van der Waals surface area contributed by atoms with Gasteiger partial charge >= 0.3 is 0 Å². The molecule has 0 radical (unpaired) electrons. The van der Waals surface area contributed by atoms with Crippen LogP contribution in [0.5, 0.6) is 0 Å². The first-order valence-corrected chi connectivity index (χ1v) is 8.59. The predicted molar refractivity (Wildman–Crippen MR) is 99.0 cm³/mol. The molecule has 0 aliphatic heterocycles. The van der Waals surface area contributed by atoms with Crippen molar-refractivity contribution in [1.82, 2.24) is 20.0 Å². The zero-order valence-corrected chi connectivity index (χ0v) is 15.4. The van der Waals surface area contributed by atoms with Crippen molar-refractivity contribution in [3.05, 3.63) is 63.6 Å². The molecule has 0 saturated heterocycles. The van der Waals surface area contributed by atoms with Crippen LogP contribution in [0.1, 0.15) is 46.2 Å². The number of aryl methyl sites for hydroxylation is 1. The van der Waals surface area contributed by atoms with E-state index >= 15 is 0 Å². The van der Waals surface area contributed by atoms with Crippen LogP contribution in [0.15, 0.2) is 41.2 Å². The lowest BCUT2D eigenvalue weighted by atomic mass is 10.1. The van der Waals surface area contributed by atoms with Gasteiger partial charge in [0.25, 0.3) is 17.4 Å². The Labute approximate surface area is 152 Å². The largest absolute Gasteiger partial charge is 0.347 e. The number of unbranched alkanes of at least 4 members (excludes halogenated alkanes) is 1. The summed E-state index contributed by atoms with van der Waals surface area (Å²) in [5.74, 6) is -0.414. The maximum atomic E-state index is 12.3. The fourth-order valence-corrected chi connectivity index (χ4v) is 2.33. The van der Waals surface area contributed by atoms with Gasteiger partial charge in [-0.3, -0.25) is 14.4 Å². The van der Waals surface area contributed by atoms with Crippen LogP contribution in [0.3, 0.4) is 0 Å². The van der Waals surface area contributed by atoms with Gasteiger partial charge in [-0.1, -0.05) is 25.5 Å². The molecular formula is C19H24N4O3. The first-order chi connectivity index (χ1) is 12.4. The summed E-state index contributed by atoms with van der Waals surface area (Å²) in [6, 6.07) is 9.84. The van der Waals surface area contributed by atoms with E-state index in [-0.39, 0.29) is 23.1 Å². The number of nitrogens with zero attached hydrogens (tertiary/aromatic N) is 3. The van der Waals surface area contributed by atoms with Gasteiger partial charge in [-0.25, -0.2) is 4.68 Å². The molecule has 7 nitrogen and oxygen atoms in total. The Kier molecular flexibility index (Phi) is 6.66. The molecule has 2 rings (SSSR count). The molecule has 0 saturated carbocycles. The van der Waals surface area contributed by atoms with Crippen molar-refractivity contribution in [3.8, 4) is 0 Å². The van der Waals surface area contributed by atoms with Crippen LogP contribution in [0.25, 0.3) is 0 Å². The summed E-state index contributed by atoms with van der Waals surface area (Å²) in [7, 11) is 3.40. The molecule has 1 aromatic heterocycles. The third-order valence-electron chi connectivity index (χ3n) is 3.88. The van der Waals surface area contributed by atoms with Crippen molar-refractivity contribution >= 4 is 11.8 Å². The number of benzene rings is 1. The summed E-state index contributed by atoms with van der Waals surface area (Å²) in [5, 5.41) is 6.90. The SMILES string of the molecule is CCCCn1nc(C(=O)NCc2ccc(C(=O)N(C)C)cc2)ccc1=O. The van der Waals surface area contributed by atoms with Gasteiger partial charge in [-0.15, -0.1) is 0 Å². The minimum atomic E-state index is -0.344. The van der Waals surface area contributed by atoms with E-state index in [0.29, 0.717) is 18.7 Å². The second kappa shape index (κ2) is 8.94. The number of hydrogen-bond acceptors (Lipinski definition) is 4. The van der Waals surface area contributed by atoms with E-state index in [4.69, 9.17) is 0 Å². The van der Waals surface area contributed by atoms with Crippen LogP contribution >= 0.6 is 0 Å². The monoisotopic (exact) mass is 356 g/mol. The molecule has 2 aromatic rings. The van der Waals surface area contributed by atoms with Crippen LogP contribution in [-0.4, -0.2) is 40.6 Å². The molecule has 1 heterocycles. The summed E-state index contributed by atoms with van der Waals surface area (Å²) in [4.78, 5) is 37.4. The van der Waals surface area contributed by atoms with Crippen molar-refractivity contribution in [1.29, 1.82) is 0 Å². The molecule has 1 N–H and O–H groups in total. The zero-order chi connectivity index (χ0) is 19.1. The van der Waals surface area contributed by atoms with E-state index in [1.165, 1.54) is 21.7 Å². The van der Waals surface area contributed by atoms with E-state index in [2.05, 4.69) is 10.4 Å². The summed E-state index contributed by atoms with van der Waals surface area (Å²) in [6.45, 7) is 2.84. The molecule has 0 aliphatic rings. The smallest absolute Gasteiger partial charge is 0.271 e. The van der Waals surface area contributed by atoms with Gasteiger partial charge in [0.05, 0.1) is 0 Å². The van der Waals surface area contributed by atoms with Gasteiger partial charge in [0, 0.05) is 38.8 Å². The second-order valence-corrected chi connectivity index (χ2v) is 6.21. The highest BCUT2D eigenvalue weighted by atomic mass is 16.2. The maximum absolute atomic E-state index is 12.3. The average molecular weight is 356 g/mol. The first kappa shape index (κ1) is 19.4. The number of carbonyl (C=O) groups excluding carboxylic acids is 2. The third-order valence-corrected chi connectivity index (χ3v) is 3.88. The predicted octanol–water partition coefficient (Wildman–Crippen LogP) is 1.68. The Hall–Kier alpha value is -2.96. The highest BCUT2D eigenvalue weighted by Crippen LogP contribution is 2.06. The van der Waals surface area contributed by atoms with Crippen molar-refractivity contribution in [2.75, 3.05) is 14.1 Å². The maximum Gasteiger partial charge on any atom is 0.271 e. The number of rotatable bonds is 7. The number of nitrogens with one attached hydrogen (secondary N) is 1. The van der Waals surface area contributed by atoms with Crippen molar-refractivity contribution in [2.24, 2.45) is 0 Å². The lowest BCUT2D eigenvalue weighted by Crippen LogP contribution is -2.29. The molecule has 0 bridgehead atoms. The normalized spacial score (nSPS) is 10.4. The highest BCUT2D eigenvalue weighted by molar-refractivity contribution is 5.94. The lowest BCUT2D eigenvalue weighted by Gasteiger charge is -2.11. The molecule has 0 spiro atoms. The zero-order valence-electron chi connectivity index (χ0n) is 15.4. The number of amides is 2. The highest BCUT2D eigenvalue weighted by Gasteiger charge is 2.10. The number of carbonyl (C=O) groups is 2. The van der Waals surface area contributed by atoms with Gasteiger partial charge in [-0.2, -0.15) is 5.10 Å². The molecule has 0 aliphatic carbocycles. The molecule has 0 fully saturated rings. The van der Waals surface area contributed by atoms with E-state index in [1.54, 1.807) is 38.4 Å². The van der Waals surface area contributed by atoms with E-state index in [0.717, 1.165) is 18.4 Å². The molecular weight excluding hydrogens is 332 g/mol. The lowest BCUT2D eigenvalue weighted by molar-refractivity contribution is 0.0827. The van der Waals surface area contributed by atoms with Gasteiger partial charge in [0.1, 0.15) is 5.69 Å². The summed E-state index contributed by atoms with van der Waals surface area (Å²) < 4.78 is 1.32. The molecule has 0 unspecified atom stereocenters. The first-order valence-electron chi connectivity index (χ1n) is 8.59. The Morgan fingerprint density at radius 3 is 2.42 bits per heavy atom. The molecule has 0 atom stereocenters. The molecule has 1 aromatic carbocycles. The van der Waals surface area contributed by atoms with Crippen molar-refractivity contribution < 1.29 is 9.59 Å². The molecule has 138 valence electrons. The van der Waals surface area contributed by atoms with Gasteiger partial charge < -0.3 is 10.2 Å². The standard InChI is InChI=1S/C19H24N4O3/c1-4-5-12-23-17(24)11-10-16(21-23)18(25)20-13-14-6-8-15(9-7-14)19(26)22(2)3/h6-11H,4-5,12-13H2,1-3H3,(H,20,25). The fourth-order valence-electron chi connectivity index (χ4n) is 2.33. The van der Waals surface area contributed by atoms with Crippen LogP contribution in [0.4, 0.5) is 0 Å². The summed E-state index contributed by atoms with van der Waals surface area (Å²) >= 11 is 0. The minimum absolute atomic E-state index is 0.0703. The van der Waals surface area contributed by atoms with Gasteiger partial charge in [0.15, 0.2) is 0 Å². The Morgan fingerprint density at radius 2 is 1.81 bits per heavy atom. The summed E-state index contributed by atoms with van der Waals surface area (Å²) in [6.07, 6.45) is 1.77. The Balaban J connectivity index is 2.00. The average Bonchev–Trinajstić information content (AvgIpc) is 2.65. The van der Waals surface area contributed by atoms with E-state index in [9.17, 15) is 14.4 Å². The molecule has 7 heteroatoms. The molecule has 26 heavy (non-hydrogen) atoms. The minimum Gasteiger partial charge on any atom is -0.347 e. The Morgan fingerprint density at radius 1 is 1.12 bits per heavy atom. The third kappa shape index (κ3) is 5.02. The quantitative estimate of drug-likeness (QED) is 0.818. The number of aromatic nitrogens is 2. The van der Waals surface area contributed by atoms with Crippen LogP contribution in [0, 0.1) is 0 Å². The van der Waals surface area contributed by atoms with Crippen LogP contribution < -0.4 is 10.9 Å². The van der Waals surface area contributed by atoms with Crippen molar-refractivity contribution in [2.45, 2.75) is 32.9 Å². The van der Waals surface area contributed by atoms with Crippen molar-refractivity contribution in [3.63, 3.8) is 0 Å². The fraction of sp³-hybridized carbons (Fsp3) is 0.368. The van der Waals surface area contributed by atoms with E-state index < -0.39 is 0 Å². The van der Waals surface area contributed by atoms with E-state index in [1.807, 2.05) is 6.92 Å². The molecule has 2 amide bonds. The summed E-state index contributed by atoms with van der Waals surface area (Å²) in [5.41, 5.74) is 1.46. The Bertz CT molecular complexity index is 825. The van der Waals surface area contributed by atoms with Crippen LogP contribution in [0.2, 0.25) is 0 Å². The number of hydrogen-bond donors (Lipinski definition) is 1. The van der Waals surface area contributed by atoms with Crippen LogP contribution in [-0.2, 0) is 13.1 Å².